The van der Waals surface area contributed by atoms with Crippen molar-refractivity contribution in [1.82, 2.24) is 9.97 Å². The van der Waals surface area contributed by atoms with E-state index >= 15 is 0 Å². The molecule has 0 bridgehead atoms. The number of H-pyrrole nitrogens is 1. The Bertz CT molecular complexity index is 583. The van der Waals surface area contributed by atoms with Gasteiger partial charge in [-0.1, -0.05) is 23.7 Å². The molecule has 0 spiro atoms. The Hall–Kier alpha value is -1.52. The van der Waals surface area contributed by atoms with Gasteiger partial charge in [-0.2, -0.15) is 0 Å². The van der Waals surface area contributed by atoms with Crippen LogP contribution >= 0.6 is 23.2 Å². The van der Waals surface area contributed by atoms with Gasteiger partial charge in [-0.25, -0.2) is 4.98 Å². The molecule has 0 unspecified atom stereocenters. The Labute approximate surface area is 108 Å². The average Bonchev–Trinajstić information content (AvgIpc) is 2.35. The van der Waals surface area contributed by atoms with Crippen LogP contribution in [0.15, 0.2) is 35.4 Å². The average molecular weight is 270 g/mol. The standard InChI is InChI=1S/C11H9Cl2N3O/c12-5-7-2-1-3-8(4-7)16-10-9(13)11(17)15-6-14-10/h1-4,6H,5H2,(H2,14,15,16,17). The van der Waals surface area contributed by atoms with Crippen LogP contribution in [0.1, 0.15) is 5.56 Å². The minimum Gasteiger partial charge on any atom is -0.339 e. The normalized spacial score (nSPS) is 10.2. The van der Waals surface area contributed by atoms with Gasteiger partial charge in [0.15, 0.2) is 5.82 Å². The summed E-state index contributed by atoms with van der Waals surface area (Å²) in [6.07, 6.45) is 1.29. The second-order valence-electron chi connectivity index (χ2n) is 3.35. The van der Waals surface area contributed by atoms with Gasteiger partial charge in [0.05, 0.1) is 6.33 Å². The molecule has 6 heteroatoms. The summed E-state index contributed by atoms with van der Waals surface area (Å²) < 4.78 is 0. The quantitative estimate of drug-likeness (QED) is 0.843. The number of hydrogen-bond acceptors (Lipinski definition) is 3. The molecule has 0 saturated carbocycles. The van der Waals surface area contributed by atoms with Gasteiger partial charge in [0.25, 0.3) is 5.56 Å². The van der Waals surface area contributed by atoms with Crippen LogP contribution in [-0.2, 0) is 5.88 Å². The minimum absolute atomic E-state index is 0.0313. The largest absolute Gasteiger partial charge is 0.339 e. The number of rotatable bonds is 3. The maximum absolute atomic E-state index is 11.3. The minimum atomic E-state index is -0.377. The van der Waals surface area contributed by atoms with Crippen molar-refractivity contribution in [2.24, 2.45) is 0 Å². The molecule has 0 fully saturated rings. The Kier molecular flexibility index (Phi) is 3.66. The van der Waals surface area contributed by atoms with Crippen molar-refractivity contribution >= 4 is 34.7 Å². The first-order chi connectivity index (χ1) is 8.20. The van der Waals surface area contributed by atoms with Crippen LogP contribution in [-0.4, -0.2) is 9.97 Å². The SMILES string of the molecule is O=c1[nH]cnc(Nc2cccc(CCl)c2)c1Cl. The van der Waals surface area contributed by atoms with Crippen molar-refractivity contribution in [3.05, 3.63) is 51.5 Å². The summed E-state index contributed by atoms with van der Waals surface area (Å²) in [5.41, 5.74) is 1.37. The molecular weight excluding hydrogens is 261 g/mol. The van der Waals surface area contributed by atoms with E-state index in [1.165, 1.54) is 6.33 Å². The first-order valence-corrected chi connectivity index (χ1v) is 5.77. The van der Waals surface area contributed by atoms with E-state index in [1.807, 2.05) is 24.3 Å². The van der Waals surface area contributed by atoms with E-state index in [1.54, 1.807) is 0 Å². The third-order valence-corrected chi connectivity index (χ3v) is 2.80. The number of nitrogens with zero attached hydrogens (tertiary/aromatic N) is 1. The zero-order chi connectivity index (χ0) is 12.3. The Balaban J connectivity index is 2.31. The van der Waals surface area contributed by atoms with Crippen LogP contribution in [0.5, 0.6) is 0 Å². The van der Waals surface area contributed by atoms with Gasteiger partial charge in [-0.3, -0.25) is 4.79 Å². The van der Waals surface area contributed by atoms with E-state index in [9.17, 15) is 4.79 Å². The molecule has 17 heavy (non-hydrogen) atoms. The fourth-order valence-electron chi connectivity index (χ4n) is 1.34. The van der Waals surface area contributed by atoms with Crippen molar-refractivity contribution in [2.45, 2.75) is 5.88 Å². The van der Waals surface area contributed by atoms with Crippen LogP contribution in [0.4, 0.5) is 11.5 Å². The lowest BCUT2D eigenvalue weighted by Gasteiger charge is -2.07. The summed E-state index contributed by atoms with van der Waals surface area (Å²) in [4.78, 5) is 17.6. The van der Waals surface area contributed by atoms with Gasteiger partial charge in [-0.05, 0) is 17.7 Å². The second-order valence-corrected chi connectivity index (χ2v) is 4.00. The number of aromatic nitrogens is 2. The number of alkyl halides is 1. The topological polar surface area (TPSA) is 57.8 Å². The van der Waals surface area contributed by atoms with Crippen LogP contribution in [0, 0.1) is 0 Å². The molecule has 0 aliphatic carbocycles. The number of benzene rings is 1. The lowest BCUT2D eigenvalue weighted by molar-refractivity contribution is 1.12. The second kappa shape index (κ2) is 5.21. The van der Waals surface area contributed by atoms with Crippen molar-refractivity contribution in [1.29, 1.82) is 0 Å². The van der Waals surface area contributed by atoms with E-state index in [2.05, 4.69) is 15.3 Å². The Morgan fingerprint density at radius 1 is 1.41 bits per heavy atom. The molecule has 0 amide bonds. The van der Waals surface area contributed by atoms with Crippen molar-refractivity contribution in [3.8, 4) is 0 Å². The highest BCUT2D eigenvalue weighted by Gasteiger charge is 2.05. The number of halogens is 2. The molecule has 0 aliphatic rings. The van der Waals surface area contributed by atoms with Crippen LogP contribution in [0.25, 0.3) is 0 Å². The number of aromatic amines is 1. The third kappa shape index (κ3) is 2.78. The highest BCUT2D eigenvalue weighted by atomic mass is 35.5. The van der Waals surface area contributed by atoms with E-state index in [0.29, 0.717) is 11.7 Å². The monoisotopic (exact) mass is 269 g/mol. The molecule has 2 N–H and O–H groups in total. The lowest BCUT2D eigenvalue weighted by atomic mass is 10.2. The molecule has 2 aromatic rings. The van der Waals surface area contributed by atoms with Gasteiger partial charge < -0.3 is 10.3 Å². The molecule has 0 radical (unpaired) electrons. The first-order valence-electron chi connectivity index (χ1n) is 4.86. The van der Waals surface area contributed by atoms with E-state index in [-0.39, 0.29) is 10.6 Å². The van der Waals surface area contributed by atoms with Gasteiger partial charge in [0, 0.05) is 11.6 Å². The fourth-order valence-corrected chi connectivity index (χ4v) is 1.66. The molecule has 4 nitrogen and oxygen atoms in total. The maximum Gasteiger partial charge on any atom is 0.271 e. The van der Waals surface area contributed by atoms with E-state index < -0.39 is 0 Å². The molecule has 2 rings (SSSR count). The third-order valence-electron chi connectivity index (χ3n) is 2.14. The molecule has 0 saturated heterocycles. The summed E-state index contributed by atoms with van der Waals surface area (Å²) in [7, 11) is 0. The molecule has 1 aromatic heterocycles. The lowest BCUT2D eigenvalue weighted by Crippen LogP contribution is -2.09. The van der Waals surface area contributed by atoms with Crippen molar-refractivity contribution < 1.29 is 0 Å². The van der Waals surface area contributed by atoms with Crippen molar-refractivity contribution in [3.63, 3.8) is 0 Å². The molecule has 0 aliphatic heterocycles. The molecular formula is C11H9Cl2N3O. The zero-order valence-electron chi connectivity index (χ0n) is 8.71. The van der Waals surface area contributed by atoms with Crippen LogP contribution < -0.4 is 10.9 Å². The van der Waals surface area contributed by atoms with Gasteiger partial charge >= 0.3 is 0 Å². The van der Waals surface area contributed by atoms with E-state index in [0.717, 1.165) is 11.3 Å². The molecule has 1 aromatic carbocycles. The molecule has 1 heterocycles. The van der Waals surface area contributed by atoms with Gasteiger partial charge in [0.1, 0.15) is 5.02 Å². The predicted molar refractivity (Wildman–Crippen MR) is 69.1 cm³/mol. The number of nitrogens with one attached hydrogen (secondary N) is 2. The highest BCUT2D eigenvalue weighted by molar-refractivity contribution is 6.32. The summed E-state index contributed by atoms with van der Waals surface area (Å²) in [6, 6.07) is 7.48. The summed E-state index contributed by atoms with van der Waals surface area (Å²) in [5.74, 6) is 0.744. The van der Waals surface area contributed by atoms with E-state index in [4.69, 9.17) is 23.2 Å². The Morgan fingerprint density at radius 2 is 2.24 bits per heavy atom. The summed E-state index contributed by atoms with van der Waals surface area (Å²) in [5, 5.41) is 3.00. The highest BCUT2D eigenvalue weighted by Crippen LogP contribution is 2.20. The molecule has 88 valence electrons. The maximum atomic E-state index is 11.3. The zero-order valence-corrected chi connectivity index (χ0v) is 10.2. The first kappa shape index (κ1) is 12.0. The smallest absolute Gasteiger partial charge is 0.271 e. The Morgan fingerprint density at radius 3 is 3.00 bits per heavy atom. The van der Waals surface area contributed by atoms with Crippen LogP contribution in [0.3, 0.4) is 0 Å². The number of hydrogen-bond donors (Lipinski definition) is 2. The summed E-state index contributed by atoms with van der Waals surface area (Å²) >= 11 is 11.6. The fraction of sp³-hybridized carbons (Fsp3) is 0.0909. The predicted octanol–water partition coefficient (Wildman–Crippen LogP) is 2.91. The molecule has 0 atom stereocenters. The van der Waals surface area contributed by atoms with Crippen molar-refractivity contribution in [2.75, 3.05) is 5.32 Å². The summed E-state index contributed by atoms with van der Waals surface area (Å²) in [6.45, 7) is 0. The number of anilines is 2. The van der Waals surface area contributed by atoms with Crippen LogP contribution in [0.2, 0.25) is 5.02 Å². The van der Waals surface area contributed by atoms with Gasteiger partial charge in [0.2, 0.25) is 0 Å². The van der Waals surface area contributed by atoms with Gasteiger partial charge in [-0.15, -0.1) is 11.6 Å².